The number of benzene rings is 1. The number of nitrogens with two attached hydrogens (primary N) is 2. The molecule has 14 heavy (non-hydrogen) atoms. The van der Waals surface area contributed by atoms with Crippen molar-refractivity contribution in [2.24, 2.45) is 5.73 Å². The Morgan fingerprint density at radius 2 is 2.14 bits per heavy atom. The van der Waals surface area contributed by atoms with Crippen LogP contribution in [-0.2, 0) is 0 Å². The molecular weight excluding hydrogens is 176 g/mol. The van der Waals surface area contributed by atoms with Gasteiger partial charge in [0, 0.05) is 23.7 Å². The normalized spacial score (nSPS) is 20.1. The highest BCUT2D eigenvalue weighted by Crippen LogP contribution is 2.37. The molecule has 0 saturated heterocycles. The van der Waals surface area contributed by atoms with E-state index in [1.54, 1.807) is 0 Å². The minimum Gasteiger partial charge on any atom is -0.493 e. The van der Waals surface area contributed by atoms with Crippen LogP contribution in [0.15, 0.2) is 6.07 Å². The van der Waals surface area contributed by atoms with Crippen LogP contribution >= 0.6 is 0 Å². The molecule has 0 amide bonds. The molecule has 1 aromatic rings. The molecule has 1 aliphatic rings. The summed E-state index contributed by atoms with van der Waals surface area (Å²) in [5.41, 5.74) is 16.0. The van der Waals surface area contributed by atoms with Crippen LogP contribution in [0.2, 0.25) is 0 Å². The first-order valence-electron chi connectivity index (χ1n) is 4.89. The number of rotatable bonds is 0. The van der Waals surface area contributed by atoms with E-state index in [4.69, 9.17) is 16.2 Å². The van der Waals surface area contributed by atoms with Crippen molar-refractivity contribution >= 4 is 5.69 Å². The summed E-state index contributed by atoms with van der Waals surface area (Å²) >= 11 is 0. The maximum atomic E-state index is 6.03. The van der Waals surface area contributed by atoms with E-state index in [0.717, 1.165) is 34.5 Å². The minimum atomic E-state index is 0.0710. The van der Waals surface area contributed by atoms with Gasteiger partial charge in [0.25, 0.3) is 0 Å². The fraction of sp³-hybridized carbons (Fsp3) is 0.455. The molecule has 1 atom stereocenters. The Kier molecular flexibility index (Phi) is 2.11. The van der Waals surface area contributed by atoms with Crippen LogP contribution < -0.4 is 16.2 Å². The molecule has 0 bridgehead atoms. The fourth-order valence-corrected chi connectivity index (χ4v) is 2.00. The summed E-state index contributed by atoms with van der Waals surface area (Å²) in [5, 5.41) is 0. The number of anilines is 1. The monoisotopic (exact) mass is 192 g/mol. The lowest BCUT2D eigenvalue weighted by Crippen LogP contribution is -2.22. The van der Waals surface area contributed by atoms with Crippen molar-refractivity contribution in [2.45, 2.75) is 26.3 Å². The van der Waals surface area contributed by atoms with E-state index in [2.05, 4.69) is 0 Å². The van der Waals surface area contributed by atoms with E-state index in [-0.39, 0.29) is 6.04 Å². The predicted molar refractivity (Wildman–Crippen MR) is 57.4 cm³/mol. The van der Waals surface area contributed by atoms with Gasteiger partial charge >= 0.3 is 0 Å². The quantitative estimate of drug-likeness (QED) is 0.615. The van der Waals surface area contributed by atoms with Gasteiger partial charge in [-0.2, -0.15) is 0 Å². The first-order chi connectivity index (χ1) is 6.61. The molecule has 0 saturated carbocycles. The van der Waals surface area contributed by atoms with E-state index in [0.29, 0.717) is 6.61 Å². The Morgan fingerprint density at radius 1 is 1.43 bits per heavy atom. The summed E-state index contributed by atoms with van der Waals surface area (Å²) in [4.78, 5) is 0. The van der Waals surface area contributed by atoms with Gasteiger partial charge in [-0.3, -0.25) is 0 Å². The van der Waals surface area contributed by atoms with Crippen molar-refractivity contribution < 1.29 is 4.74 Å². The van der Waals surface area contributed by atoms with Crippen molar-refractivity contribution in [3.63, 3.8) is 0 Å². The largest absolute Gasteiger partial charge is 0.493 e. The Hall–Kier alpha value is -1.22. The molecule has 1 aliphatic heterocycles. The molecule has 0 aromatic heterocycles. The highest BCUT2D eigenvalue weighted by atomic mass is 16.5. The molecule has 0 fully saturated rings. The number of aryl methyl sites for hydroxylation is 1. The Bertz CT molecular complexity index is 374. The van der Waals surface area contributed by atoms with Crippen molar-refractivity contribution in [3.8, 4) is 5.75 Å². The van der Waals surface area contributed by atoms with E-state index in [1.807, 2.05) is 19.9 Å². The van der Waals surface area contributed by atoms with E-state index >= 15 is 0 Å². The maximum absolute atomic E-state index is 6.03. The zero-order chi connectivity index (χ0) is 10.3. The molecule has 4 N–H and O–H groups in total. The van der Waals surface area contributed by atoms with Gasteiger partial charge in [0.15, 0.2) is 0 Å². The lowest BCUT2D eigenvalue weighted by molar-refractivity contribution is 0.268. The summed E-state index contributed by atoms with van der Waals surface area (Å²) in [7, 11) is 0. The smallest absolute Gasteiger partial charge is 0.124 e. The third-order valence-electron chi connectivity index (χ3n) is 2.90. The van der Waals surface area contributed by atoms with Crippen molar-refractivity contribution in [2.75, 3.05) is 12.3 Å². The highest BCUT2D eigenvalue weighted by Gasteiger charge is 2.22. The van der Waals surface area contributed by atoms with Crippen LogP contribution in [0.1, 0.15) is 29.2 Å². The topological polar surface area (TPSA) is 61.3 Å². The molecule has 0 aliphatic carbocycles. The second kappa shape index (κ2) is 3.17. The lowest BCUT2D eigenvalue weighted by Gasteiger charge is -2.26. The van der Waals surface area contributed by atoms with Gasteiger partial charge in [-0.25, -0.2) is 0 Å². The maximum Gasteiger partial charge on any atom is 0.124 e. The van der Waals surface area contributed by atoms with Gasteiger partial charge in [0.05, 0.1) is 6.61 Å². The third-order valence-corrected chi connectivity index (χ3v) is 2.90. The van der Waals surface area contributed by atoms with Crippen molar-refractivity contribution in [1.29, 1.82) is 0 Å². The molecule has 0 spiro atoms. The molecule has 0 radical (unpaired) electrons. The summed E-state index contributed by atoms with van der Waals surface area (Å²) in [5.74, 6) is 0.910. The number of nitrogen functional groups attached to an aromatic ring is 1. The summed E-state index contributed by atoms with van der Waals surface area (Å²) in [6.45, 7) is 4.71. The first-order valence-corrected chi connectivity index (χ1v) is 4.89. The van der Waals surface area contributed by atoms with Crippen LogP contribution in [0, 0.1) is 13.8 Å². The van der Waals surface area contributed by atoms with Gasteiger partial charge in [-0.1, -0.05) is 0 Å². The zero-order valence-corrected chi connectivity index (χ0v) is 8.63. The van der Waals surface area contributed by atoms with Gasteiger partial charge in [0.2, 0.25) is 0 Å². The van der Waals surface area contributed by atoms with Crippen molar-refractivity contribution in [1.82, 2.24) is 0 Å². The number of ether oxygens (including phenoxy) is 1. The molecule has 3 heteroatoms. The molecule has 2 rings (SSSR count). The molecular formula is C11H16N2O. The zero-order valence-electron chi connectivity index (χ0n) is 8.63. The summed E-state index contributed by atoms with van der Waals surface area (Å²) < 4.78 is 5.57. The minimum absolute atomic E-state index is 0.0710. The number of hydrogen-bond donors (Lipinski definition) is 2. The average molecular weight is 192 g/mol. The number of fused-ring (bicyclic) bond motifs is 1. The van der Waals surface area contributed by atoms with Gasteiger partial charge in [-0.15, -0.1) is 0 Å². The van der Waals surface area contributed by atoms with Gasteiger partial charge < -0.3 is 16.2 Å². The fourth-order valence-electron chi connectivity index (χ4n) is 2.00. The molecule has 3 nitrogen and oxygen atoms in total. The van der Waals surface area contributed by atoms with Crippen LogP contribution in [-0.4, -0.2) is 6.61 Å². The standard InChI is InChI=1S/C11H16N2O/c1-6-5-9-10(7(2)11(6)13)8(12)3-4-14-9/h5,8H,3-4,12-13H2,1-2H3/t8-/m0/s1. The van der Waals surface area contributed by atoms with Crippen LogP contribution in [0.25, 0.3) is 0 Å². The second-order valence-corrected chi connectivity index (χ2v) is 3.89. The Balaban J connectivity index is 2.64. The van der Waals surface area contributed by atoms with Crippen LogP contribution in [0.5, 0.6) is 5.75 Å². The lowest BCUT2D eigenvalue weighted by atomic mass is 9.93. The third kappa shape index (κ3) is 1.24. The Labute approximate surface area is 84.0 Å². The summed E-state index contributed by atoms with van der Waals surface area (Å²) in [6, 6.07) is 2.05. The van der Waals surface area contributed by atoms with E-state index in [1.165, 1.54) is 0 Å². The first kappa shape index (κ1) is 9.34. The van der Waals surface area contributed by atoms with Crippen LogP contribution in [0.4, 0.5) is 5.69 Å². The molecule has 1 heterocycles. The number of hydrogen-bond acceptors (Lipinski definition) is 3. The molecule has 76 valence electrons. The van der Waals surface area contributed by atoms with E-state index in [9.17, 15) is 0 Å². The summed E-state index contributed by atoms with van der Waals surface area (Å²) in [6.07, 6.45) is 0.871. The second-order valence-electron chi connectivity index (χ2n) is 3.89. The molecule has 1 aromatic carbocycles. The van der Waals surface area contributed by atoms with Crippen LogP contribution in [0.3, 0.4) is 0 Å². The predicted octanol–water partition coefficient (Wildman–Crippen LogP) is 1.67. The van der Waals surface area contributed by atoms with Gasteiger partial charge in [0.1, 0.15) is 5.75 Å². The van der Waals surface area contributed by atoms with E-state index < -0.39 is 0 Å². The molecule has 0 unspecified atom stereocenters. The van der Waals surface area contributed by atoms with Crippen molar-refractivity contribution in [3.05, 3.63) is 22.8 Å². The van der Waals surface area contributed by atoms with Gasteiger partial charge in [-0.05, 0) is 31.0 Å². The SMILES string of the molecule is Cc1cc2c(c(C)c1N)[C@@H](N)CCO2. The Morgan fingerprint density at radius 3 is 2.86 bits per heavy atom. The highest BCUT2D eigenvalue weighted by molar-refractivity contribution is 5.62. The average Bonchev–Trinajstić information content (AvgIpc) is 2.14.